The van der Waals surface area contributed by atoms with Gasteiger partial charge in [-0.25, -0.2) is 9.59 Å². The zero-order valence-electron chi connectivity index (χ0n) is 8.56. The number of nitrogen functional groups attached to an aromatic ring is 1. The van der Waals surface area contributed by atoms with E-state index in [0.717, 1.165) is 15.8 Å². The molecule has 1 rings (SSSR count). The van der Waals surface area contributed by atoms with Gasteiger partial charge >= 0.3 is 11.7 Å². The van der Waals surface area contributed by atoms with E-state index in [9.17, 15) is 9.59 Å². The van der Waals surface area contributed by atoms with E-state index in [4.69, 9.17) is 5.84 Å². The van der Waals surface area contributed by atoms with Crippen molar-refractivity contribution in [2.45, 2.75) is 18.5 Å². The van der Waals surface area contributed by atoms with Gasteiger partial charge in [-0.3, -0.25) is 0 Å². The standard InChI is InChI=1S/C7H13N5O2S/c1-3-4-9-5(13)12-7(14)11(8)6(10-12)15-2/h3-4,8H2,1-2H3,(H,9,13). The second kappa shape index (κ2) is 4.87. The molecule has 1 amide bonds. The molecule has 15 heavy (non-hydrogen) atoms. The van der Waals surface area contributed by atoms with Crippen molar-refractivity contribution >= 4 is 17.8 Å². The maximum absolute atomic E-state index is 11.4. The molecule has 0 aliphatic rings. The molecule has 1 heterocycles. The molecular formula is C7H13N5O2S. The van der Waals surface area contributed by atoms with Gasteiger partial charge in [-0.05, 0) is 12.7 Å². The van der Waals surface area contributed by atoms with Crippen LogP contribution < -0.4 is 16.8 Å². The molecule has 0 saturated heterocycles. The zero-order chi connectivity index (χ0) is 11.4. The van der Waals surface area contributed by atoms with Gasteiger partial charge in [0.2, 0.25) is 5.16 Å². The third kappa shape index (κ3) is 2.32. The largest absolute Gasteiger partial charge is 0.374 e. The summed E-state index contributed by atoms with van der Waals surface area (Å²) in [5.74, 6) is 5.40. The van der Waals surface area contributed by atoms with E-state index in [2.05, 4.69) is 10.4 Å². The minimum atomic E-state index is -0.645. The first kappa shape index (κ1) is 11.6. The van der Waals surface area contributed by atoms with Crippen molar-refractivity contribution in [2.24, 2.45) is 0 Å². The lowest BCUT2D eigenvalue weighted by atomic mass is 10.5. The van der Waals surface area contributed by atoms with Crippen molar-refractivity contribution in [3.63, 3.8) is 0 Å². The highest BCUT2D eigenvalue weighted by molar-refractivity contribution is 7.98. The number of carbonyl (C=O) groups excluding carboxylic acids is 1. The average molecular weight is 231 g/mol. The zero-order valence-corrected chi connectivity index (χ0v) is 9.37. The fourth-order valence-electron chi connectivity index (χ4n) is 0.939. The van der Waals surface area contributed by atoms with Crippen molar-refractivity contribution < 1.29 is 4.79 Å². The molecule has 0 fully saturated rings. The summed E-state index contributed by atoms with van der Waals surface area (Å²) in [6.45, 7) is 2.41. The summed E-state index contributed by atoms with van der Waals surface area (Å²) in [7, 11) is 0. The van der Waals surface area contributed by atoms with Crippen LogP contribution in [0.15, 0.2) is 9.95 Å². The molecule has 84 valence electrons. The highest BCUT2D eigenvalue weighted by atomic mass is 32.2. The van der Waals surface area contributed by atoms with Crippen molar-refractivity contribution in [2.75, 3.05) is 18.6 Å². The third-order valence-electron chi connectivity index (χ3n) is 1.68. The lowest BCUT2D eigenvalue weighted by Gasteiger charge is -1.99. The summed E-state index contributed by atoms with van der Waals surface area (Å²) in [5, 5.41) is 6.61. The highest BCUT2D eigenvalue weighted by Crippen LogP contribution is 2.05. The van der Waals surface area contributed by atoms with Gasteiger partial charge in [-0.15, -0.1) is 9.78 Å². The van der Waals surface area contributed by atoms with Crippen LogP contribution in [0.25, 0.3) is 0 Å². The smallest absolute Gasteiger partial charge is 0.336 e. The van der Waals surface area contributed by atoms with E-state index >= 15 is 0 Å². The Kier molecular flexibility index (Phi) is 3.78. The van der Waals surface area contributed by atoms with E-state index in [1.165, 1.54) is 11.8 Å². The van der Waals surface area contributed by atoms with E-state index in [1.54, 1.807) is 6.26 Å². The molecule has 0 aliphatic carbocycles. The Morgan fingerprint density at radius 3 is 2.80 bits per heavy atom. The number of carbonyl (C=O) groups is 1. The minimum Gasteiger partial charge on any atom is -0.336 e. The molecule has 0 aliphatic heterocycles. The van der Waals surface area contributed by atoms with Gasteiger partial charge in [-0.1, -0.05) is 18.7 Å². The molecule has 0 spiro atoms. The van der Waals surface area contributed by atoms with Gasteiger partial charge in [0.1, 0.15) is 0 Å². The van der Waals surface area contributed by atoms with Crippen LogP contribution in [0, 0.1) is 0 Å². The Bertz CT molecular complexity index is 410. The first-order valence-corrected chi connectivity index (χ1v) is 5.63. The lowest BCUT2D eigenvalue weighted by molar-refractivity contribution is 0.238. The minimum absolute atomic E-state index is 0.298. The molecule has 0 saturated carbocycles. The Balaban J connectivity index is 2.95. The molecular weight excluding hydrogens is 218 g/mol. The second-order valence-electron chi connectivity index (χ2n) is 2.78. The lowest BCUT2D eigenvalue weighted by Crippen LogP contribution is -2.39. The fraction of sp³-hybridized carbons (Fsp3) is 0.571. The topological polar surface area (TPSA) is 94.9 Å². The third-order valence-corrected chi connectivity index (χ3v) is 2.32. The van der Waals surface area contributed by atoms with Crippen molar-refractivity contribution in [3.8, 4) is 0 Å². The van der Waals surface area contributed by atoms with Crippen LogP contribution in [0.2, 0.25) is 0 Å². The van der Waals surface area contributed by atoms with Gasteiger partial charge in [0, 0.05) is 6.54 Å². The number of thioether (sulfide) groups is 1. The molecule has 0 bridgehead atoms. The van der Waals surface area contributed by atoms with Gasteiger partial charge in [0.05, 0.1) is 0 Å². The van der Waals surface area contributed by atoms with Gasteiger partial charge in [0.15, 0.2) is 0 Å². The second-order valence-corrected chi connectivity index (χ2v) is 3.56. The van der Waals surface area contributed by atoms with Gasteiger partial charge in [0.25, 0.3) is 0 Å². The maximum atomic E-state index is 11.4. The van der Waals surface area contributed by atoms with Gasteiger partial charge in [-0.2, -0.15) is 4.68 Å². The quantitative estimate of drug-likeness (QED) is 0.537. The monoisotopic (exact) mass is 231 g/mol. The predicted octanol–water partition coefficient (Wildman–Crippen LogP) is -0.552. The number of hydrogen-bond acceptors (Lipinski definition) is 5. The summed E-state index contributed by atoms with van der Waals surface area (Å²) in [6.07, 6.45) is 2.51. The average Bonchev–Trinajstić information content (AvgIpc) is 2.52. The van der Waals surface area contributed by atoms with E-state index in [-0.39, 0.29) is 0 Å². The summed E-state index contributed by atoms with van der Waals surface area (Å²) in [4.78, 5) is 22.8. The first-order chi connectivity index (χ1) is 7.11. The normalized spacial score (nSPS) is 10.3. The Hall–Kier alpha value is -1.44. The number of amides is 1. The fourth-order valence-corrected chi connectivity index (χ4v) is 1.38. The van der Waals surface area contributed by atoms with E-state index in [1.807, 2.05) is 6.92 Å². The number of nitrogens with two attached hydrogens (primary N) is 1. The van der Waals surface area contributed by atoms with Crippen LogP contribution in [-0.4, -0.2) is 33.3 Å². The van der Waals surface area contributed by atoms with Crippen molar-refractivity contribution in [1.29, 1.82) is 0 Å². The summed E-state index contributed by atoms with van der Waals surface area (Å²) < 4.78 is 1.57. The van der Waals surface area contributed by atoms with Crippen LogP contribution >= 0.6 is 11.8 Å². The van der Waals surface area contributed by atoms with Gasteiger partial charge < -0.3 is 11.2 Å². The molecule has 1 aromatic heterocycles. The molecule has 8 heteroatoms. The number of nitrogens with one attached hydrogen (secondary N) is 1. The van der Waals surface area contributed by atoms with Crippen LogP contribution in [0.3, 0.4) is 0 Å². The Morgan fingerprint density at radius 2 is 2.33 bits per heavy atom. The maximum Gasteiger partial charge on any atom is 0.374 e. The van der Waals surface area contributed by atoms with Crippen molar-refractivity contribution in [3.05, 3.63) is 10.5 Å². The molecule has 1 aromatic rings. The number of nitrogens with zero attached hydrogens (tertiary/aromatic N) is 3. The molecule has 0 aromatic carbocycles. The van der Waals surface area contributed by atoms with E-state index < -0.39 is 11.7 Å². The molecule has 3 N–H and O–H groups in total. The first-order valence-electron chi connectivity index (χ1n) is 4.41. The van der Waals surface area contributed by atoms with Crippen LogP contribution in [0.4, 0.5) is 4.79 Å². The molecule has 0 radical (unpaired) electrons. The number of hydrogen-bond donors (Lipinski definition) is 2. The molecule has 0 atom stereocenters. The number of aromatic nitrogens is 3. The molecule has 0 unspecified atom stereocenters. The van der Waals surface area contributed by atoms with Crippen LogP contribution in [-0.2, 0) is 0 Å². The SMILES string of the molecule is CCCNC(=O)n1nc(SC)n(N)c1=O. The predicted molar refractivity (Wildman–Crippen MR) is 57.5 cm³/mol. The highest BCUT2D eigenvalue weighted by Gasteiger charge is 2.15. The summed E-state index contributed by atoms with van der Waals surface area (Å²) >= 11 is 1.20. The Labute approximate surface area is 90.6 Å². The summed E-state index contributed by atoms with van der Waals surface area (Å²) in [6, 6.07) is -0.554. The Morgan fingerprint density at radius 1 is 1.67 bits per heavy atom. The van der Waals surface area contributed by atoms with Crippen molar-refractivity contribution in [1.82, 2.24) is 19.8 Å². The van der Waals surface area contributed by atoms with Crippen LogP contribution in [0.1, 0.15) is 13.3 Å². The van der Waals surface area contributed by atoms with E-state index in [0.29, 0.717) is 11.7 Å². The molecule has 7 nitrogen and oxygen atoms in total. The van der Waals surface area contributed by atoms with Crippen LogP contribution in [0.5, 0.6) is 0 Å². The number of rotatable bonds is 3. The summed E-state index contributed by atoms with van der Waals surface area (Å²) in [5.41, 5.74) is -0.645.